The number of pyridine rings is 1. The number of carbonyl (C=O) groups is 1. The molecule has 2 fully saturated rings. The summed E-state index contributed by atoms with van der Waals surface area (Å²) in [5.74, 6) is 0.161. The molecule has 2 aliphatic heterocycles. The van der Waals surface area contributed by atoms with Crippen LogP contribution >= 0.6 is 11.6 Å². The van der Waals surface area contributed by atoms with Crippen LogP contribution in [0.15, 0.2) is 30.3 Å². The number of halogens is 1. The Bertz CT molecular complexity index is 1130. The Morgan fingerprint density at radius 3 is 2.79 bits per heavy atom. The van der Waals surface area contributed by atoms with Crippen molar-refractivity contribution < 1.29 is 9.53 Å². The minimum Gasteiger partial charge on any atom is -0.356 e. The first-order valence-electron chi connectivity index (χ1n) is 10.3. The SMILES string of the molecule is O=C1c2ccc(-c3nn(C4CCCCO4)c4nc(Cl)ccc34)cc2CN1C1CC1. The number of hydrogen-bond acceptors (Lipinski definition) is 4. The molecule has 0 bridgehead atoms. The second-order valence-electron chi connectivity index (χ2n) is 8.16. The van der Waals surface area contributed by atoms with Crippen molar-refractivity contribution in [3.05, 3.63) is 46.6 Å². The molecule has 6 nitrogen and oxygen atoms in total. The van der Waals surface area contributed by atoms with Gasteiger partial charge in [-0.25, -0.2) is 9.67 Å². The number of hydrogen-bond donors (Lipinski definition) is 0. The highest BCUT2D eigenvalue weighted by Gasteiger charge is 2.38. The van der Waals surface area contributed by atoms with Crippen LogP contribution in [0.4, 0.5) is 0 Å². The van der Waals surface area contributed by atoms with Gasteiger partial charge in [-0.05, 0) is 61.9 Å². The molecule has 148 valence electrons. The van der Waals surface area contributed by atoms with Crippen LogP contribution in [0.1, 0.15) is 54.3 Å². The monoisotopic (exact) mass is 408 g/mol. The summed E-state index contributed by atoms with van der Waals surface area (Å²) >= 11 is 6.19. The van der Waals surface area contributed by atoms with Crippen molar-refractivity contribution >= 4 is 28.5 Å². The number of rotatable bonds is 3. The van der Waals surface area contributed by atoms with Gasteiger partial charge in [-0.2, -0.15) is 5.10 Å². The molecule has 7 heteroatoms. The van der Waals surface area contributed by atoms with Crippen LogP contribution in [0.2, 0.25) is 5.15 Å². The van der Waals surface area contributed by atoms with Gasteiger partial charge >= 0.3 is 0 Å². The summed E-state index contributed by atoms with van der Waals surface area (Å²) in [7, 11) is 0. The lowest BCUT2D eigenvalue weighted by Crippen LogP contribution is -2.25. The molecule has 2 aromatic heterocycles. The fraction of sp³-hybridized carbons (Fsp3) is 0.409. The van der Waals surface area contributed by atoms with Crippen LogP contribution < -0.4 is 0 Å². The number of fused-ring (bicyclic) bond motifs is 2. The van der Waals surface area contributed by atoms with Crippen molar-refractivity contribution in [1.29, 1.82) is 0 Å². The number of ether oxygens (including phenoxy) is 1. The smallest absolute Gasteiger partial charge is 0.254 e. The predicted molar refractivity (Wildman–Crippen MR) is 110 cm³/mol. The second kappa shape index (κ2) is 6.54. The van der Waals surface area contributed by atoms with Crippen LogP contribution in [0, 0.1) is 0 Å². The summed E-state index contributed by atoms with van der Waals surface area (Å²) in [4.78, 5) is 19.2. The fourth-order valence-corrected chi connectivity index (χ4v) is 4.64. The first-order valence-corrected chi connectivity index (χ1v) is 10.7. The molecule has 1 aliphatic carbocycles. The van der Waals surface area contributed by atoms with E-state index in [9.17, 15) is 4.79 Å². The number of nitrogens with zero attached hydrogens (tertiary/aromatic N) is 4. The molecule has 1 atom stereocenters. The lowest BCUT2D eigenvalue weighted by molar-refractivity contribution is -0.0368. The average molecular weight is 409 g/mol. The minimum atomic E-state index is -0.118. The average Bonchev–Trinajstić information content (AvgIpc) is 3.45. The van der Waals surface area contributed by atoms with Gasteiger partial charge < -0.3 is 9.64 Å². The van der Waals surface area contributed by atoms with Crippen LogP contribution in [0.25, 0.3) is 22.3 Å². The fourth-order valence-electron chi connectivity index (χ4n) is 4.50. The molecule has 4 heterocycles. The molecule has 3 aromatic rings. The highest BCUT2D eigenvalue weighted by atomic mass is 35.5. The van der Waals surface area contributed by atoms with E-state index in [2.05, 4.69) is 11.1 Å². The van der Waals surface area contributed by atoms with E-state index in [4.69, 9.17) is 21.4 Å². The maximum Gasteiger partial charge on any atom is 0.254 e. The maximum atomic E-state index is 12.7. The normalized spacial score (nSPS) is 21.8. The lowest BCUT2D eigenvalue weighted by atomic mass is 10.0. The van der Waals surface area contributed by atoms with Gasteiger partial charge in [0.1, 0.15) is 10.8 Å². The third-order valence-corrected chi connectivity index (χ3v) is 6.36. The second-order valence-corrected chi connectivity index (χ2v) is 8.54. The number of carbonyl (C=O) groups excluding carboxylic acids is 1. The zero-order chi connectivity index (χ0) is 19.5. The van der Waals surface area contributed by atoms with Crippen LogP contribution in [0.3, 0.4) is 0 Å². The van der Waals surface area contributed by atoms with Crippen molar-refractivity contribution in [2.75, 3.05) is 6.61 Å². The van der Waals surface area contributed by atoms with Crippen molar-refractivity contribution in [3.63, 3.8) is 0 Å². The molecule has 29 heavy (non-hydrogen) atoms. The Kier molecular flexibility index (Phi) is 3.93. The molecule has 1 aromatic carbocycles. The van der Waals surface area contributed by atoms with Crippen LogP contribution in [0.5, 0.6) is 0 Å². The quantitative estimate of drug-likeness (QED) is 0.595. The van der Waals surface area contributed by atoms with Gasteiger partial charge in [0.15, 0.2) is 11.9 Å². The third-order valence-electron chi connectivity index (χ3n) is 6.15. The topological polar surface area (TPSA) is 60.3 Å². The molecule has 0 radical (unpaired) electrons. The van der Waals surface area contributed by atoms with Gasteiger partial charge in [0.2, 0.25) is 0 Å². The Balaban J connectivity index is 1.45. The summed E-state index contributed by atoms with van der Waals surface area (Å²) in [6, 6.07) is 10.2. The zero-order valence-electron chi connectivity index (χ0n) is 16.0. The number of amides is 1. The largest absolute Gasteiger partial charge is 0.356 e. The predicted octanol–water partition coefficient (Wildman–Crippen LogP) is 4.57. The van der Waals surface area contributed by atoms with E-state index < -0.39 is 0 Å². The van der Waals surface area contributed by atoms with E-state index in [0.717, 1.165) is 72.1 Å². The summed E-state index contributed by atoms with van der Waals surface area (Å²) in [6.07, 6.45) is 5.23. The first kappa shape index (κ1) is 17.4. The maximum absolute atomic E-state index is 12.7. The Morgan fingerprint density at radius 1 is 1.10 bits per heavy atom. The van der Waals surface area contributed by atoms with Crippen LogP contribution in [-0.2, 0) is 11.3 Å². The molecule has 1 amide bonds. The Labute approximate surface area is 173 Å². The highest BCUT2D eigenvalue weighted by Crippen LogP contribution is 2.38. The van der Waals surface area contributed by atoms with E-state index >= 15 is 0 Å². The van der Waals surface area contributed by atoms with E-state index in [1.807, 2.05) is 27.8 Å². The Hall–Kier alpha value is -2.44. The van der Waals surface area contributed by atoms with Crippen molar-refractivity contribution in [3.8, 4) is 11.3 Å². The van der Waals surface area contributed by atoms with E-state index in [0.29, 0.717) is 17.7 Å². The molecular formula is C22H21ClN4O2. The van der Waals surface area contributed by atoms with Crippen molar-refractivity contribution in [1.82, 2.24) is 19.7 Å². The third kappa shape index (κ3) is 2.85. The molecule has 6 rings (SSSR count). The minimum absolute atomic E-state index is 0.118. The first-order chi connectivity index (χ1) is 14.2. The van der Waals surface area contributed by atoms with Gasteiger partial charge in [0, 0.05) is 35.7 Å². The standard InChI is InChI=1S/C22H21ClN4O2/c23-18-9-8-17-20(25-27(21(17)24-18)19-3-1-2-10-29-19)13-4-7-16-14(11-13)12-26(22(16)28)15-5-6-15/h4,7-9,11,15,19H,1-3,5-6,10,12H2. The summed E-state index contributed by atoms with van der Waals surface area (Å²) < 4.78 is 7.84. The van der Waals surface area contributed by atoms with Gasteiger partial charge in [-0.3, -0.25) is 4.79 Å². The van der Waals surface area contributed by atoms with Gasteiger partial charge in [-0.1, -0.05) is 17.7 Å². The lowest BCUT2D eigenvalue weighted by Gasteiger charge is -2.23. The molecule has 1 saturated carbocycles. The van der Waals surface area contributed by atoms with E-state index in [1.54, 1.807) is 6.07 Å². The van der Waals surface area contributed by atoms with E-state index in [1.165, 1.54) is 0 Å². The molecular weight excluding hydrogens is 388 g/mol. The Morgan fingerprint density at radius 2 is 2.00 bits per heavy atom. The van der Waals surface area contributed by atoms with Gasteiger partial charge in [0.05, 0.1) is 0 Å². The molecule has 1 unspecified atom stereocenters. The van der Waals surface area contributed by atoms with Gasteiger partial charge in [0.25, 0.3) is 5.91 Å². The molecule has 0 N–H and O–H groups in total. The van der Waals surface area contributed by atoms with Crippen molar-refractivity contribution in [2.24, 2.45) is 0 Å². The molecule has 1 saturated heterocycles. The number of benzene rings is 1. The highest BCUT2D eigenvalue weighted by molar-refractivity contribution is 6.29. The van der Waals surface area contributed by atoms with Crippen molar-refractivity contribution in [2.45, 2.75) is 50.9 Å². The summed E-state index contributed by atoms with van der Waals surface area (Å²) in [6.45, 7) is 1.43. The molecule has 3 aliphatic rings. The zero-order valence-corrected chi connectivity index (χ0v) is 16.7. The van der Waals surface area contributed by atoms with Gasteiger partial charge in [-0.15, -0.1) is 0 Å². The van der Waals surface area contributed by atoms with Crippen LogP contribution in [-0.4, -0.2) is 38.2 Å². The number of aromatic nitrogens is 3. The summed E-state index contributed by atoms with van der Waals surface area (Å²) in [5.41, 5.74) is 4.51. The van der Waals surface area contributed by atoms with E-state index in [-0.39, 0.29) is 12.1 Å². The summed E-state index contributed by atoms with van der Waals surface area (Å²) in [5, 5.41) is 6.30. The molecule has 0 spiro atoms.